The molecule has 1 aliphatic rings. The monoisotopic (exact) mass is 337 g/mol. The van der Waals surface area contributed by atoms with Gasteiger partial charge in [-0.05, 0) is 23.5 Å². The van der Waals surface area contributed by atoms with Crippen LogP contribution in [0.1, 0.15) is 18.1 Å². The van der Waals surface area contributed by atoms with Crippen LogP contribution in [-0.4, -0.2) is 37.5 Å². The molecule has 0 aromatic heterocycles. The molecular weight excluding hydrogens is 319 g/mol. The van der Waals surface area contributed by atoms with Crippen molar-refractivity contribution in [3.05, 3.63) is 35.4 Å². The molecule has 0 radical (unpaired) electrons. The van der Waals surface area contributed by atoms with E-state index in [1.165, 1.54) is 22.5 Å². The highest BCUT2D eigenvalue weighted by atomic mass is 32.2. The van der Waals surface area contributed by atoms with E-state index in [0.29, 0.717) is 0 Å². The molecule has 0 saturated carbocycles. The van der Waals surface area contributed by atoms with Crippen LogP contribution in [0.25, 0.3) is 0 Å². The van der Waals surface area contributed by atoms with Gasteiger partial charge in [-0.1, -0.05) is 25.1 Å². The van der Waals surface area contributed by atoms with Crippen LogP contribution in [0.5, 0.6) is 0 Å². The van der Waals surface area contributed by atoms with Crippen molar-refractivity contribution in [2.24, 2.45) is 11.8 Å². The molecule has 1 aromatic carbocycles. The molecule has 4 nitrogen and oxygen atoms in total. The Hall–Kier alpha value is -1.12. The third-order valence-corrected chi connectivity index (χ3v) is 5.78. The quantitative estimate of drug-likeness (QED) is 0.915. The number of alkyl halides is 3. The molecular formula is C14H18F3NO3S. The van der Waals surface area contributed by atoms with Crippen LogP contribution in [0, 0.1) is 11.8 Å². The molecule has 8 heteroatoms. The highest BCUT2D eigenvalue weighted by molar-refractivity contribution is 7.88. The Balaban J connectivity index is 2.24. The first-order valence-electron chi connectivity index (χ1n) is 6.89. The normalized spacial score (nSPS) is 23.9. The van der Waals surface area contributed by atoms with E-state index in [1.54, 1.807) is 0 Å². The van der Waals surface area contributed by atoms with Crippen molar-refractivity contribution in [1.29, 1.82) is 0 Å². The molecule has 22 heavy (non-hydrogen) atoms. The molecule has 1 heterocycles. The summed E-state index contributed by atoms with van der Waals surface area (Å²) in [6.07, 6.45) is -4.59. The minimum Gasteiger partial charge on any atom is -0.396 e. The number of rotatable bonds is 4. The highest BCUT2D eigenvalue weighted by Gasteiger charge is 2.38. The molecule has 2 rings (SSSR count). The molecule has 0 unspecified atom stereocenters. The van der Waals surface area contributed by atoms with Crippen molar-refractivity contribution in [3.8, 4) is 0 Å². The van der Waals surface area contributed by atoms with E-state index in [2.05, 4.69) is 0 Å². The Kier molecular flexibility index (Phi) is 4.84. The van der Waals surface area contributed by atoms with E-state index >= 15 is 0 Å². The molecule has 0 aliphatic carbocycles. The molecule has 1 N–H and O–H groups in total. The van der Waals surface area contributed by atoms with Crippen LogP contribution >= 0.6 is 0 Å². The number of halogens is 3. The maximum absolute atomic E-state index is 12.9. The molecule has 2 atom stereocenters. The topological polar surface area (TPSA) is 57.6 Å². The number of aliphatic hydroxyl groups excluding tert-OH is 1. The lowest BCUT2D eigenvalue weighted by molar-refractivity contribution is -0.138. The van der Waals surface area contributed by atoms with Gasteiger partial charge >= 0.3 is 6.18 Å². The lowest BCUT2D eigenvalue weighted by Crippen LogP contribution is -2.31. The Morgan fingerprint density at radius 2 is 1.91 bits per heavy atom. The lowest BCUT2D eigenvalue weighted by atomic mass is 10.00. The number of sulfonamides is 1. The summed E-state index contributed by atoms with van der Waals surface area (Å²) in [5.74, 6) is -0.877. The zero-order valence-corrected chi connectivity index (χ0v) is 12.9. The van der Waals surface area contributed by atoms with Crippen molar-refractivity contribution >= 4 is 10.0 Å². The van der Waals surface area contributed by atoms with Crippen molar-refractivity contribution in [2.75, 3.05) is 19.7 Å². The van der Waals surface area contributed by atoms with Crippen LogP contribution < -0.4 is 0 Å². The summed E-state index contributed by atoms with van der Waals surface area (Å²) >= 11 is 0. The van der Waals surface area contributed by atoms with E-state index in [0.717, 1.165) is 6.07 Å². The average Bonchev–Trinajstić information content (AvgIpc) is 2.80. The van der Waals surface area contributed by atoms with Crippen molar-refractivity contribution in [3.63, 3.8) is 0 Å². The van der Waals surface area contributed by atoms with Gasteiger partial charge in [-0.2, -0.15) is 13.2 Å². The number of hydrogen-bond acceptors (Lipinski definition) is 3. The maximum atomic E-state index is 12.9. The zero-order valence-electron chi connectivity index (χ0n) is 12.0. The molecule has 1 aliphatic heterocycles. The predicted molar refractivity (Wildman–Crippen MR) is 75.4 cm³/mol. The van der Waals surface area contributed by atoms with Crippen molar-refractivity contribution in [2.45, 2.75) is 18.9 Å². The fourth-order valence-electron chi connectivity index (χ4n) is 2.66. The number of benzene rings is 1. The highest BCUT2D eigenvalue weighted by Crippen LogP contribution is 2.34. The van der Waals surface area contributed by atoms with E-state index in [9.17, 15) is 26.7 Å². The van der Waals surface area contributed by atoms with Gasteiger partial charge in [-0.15, -0.1) is 0 Å². The minimum atomic E-state index is -4.59. The smallest absolute Gasteiger partial charge is 0.396 e. The van der Waals surface area contributed by atoms with Crippen LogP contribution in [0.15, 0.2) is 24.3 Å². The minimum absolute atomic E-state index is 0.0161. The molecule has 1 saturated heterocycles. The van der Waals surface area contributed by atoms with Gasteiger partial charge in [0.15, 0.2) is 0 Å². The Morgan fingerprint density at radius 3 is 2.45 bits per heavy atom. The van der Waals surface area contributed by atoms with Gasteiger partial charge in [0.2, 0.25) is 10.0 Å². The van der Waals surface area contributed by atoms with E-state index in [4.69, 9.17) is 0 Å². The largest absolute Gasteiger partial charge is 0.416 e. The standard InChI is InChI=1S/C14H18F3NO3S/c1-10-6-18(7-12(10)8-19)22(20,21)9-11-4-2-3-5-13(11)14(15,16)17/h2-5,10,12,19H,6-9H2,1H3/t10-,12+/m1/s1. The molecule has 0 bridgehead atoms. The third-order valence-electron chi connectivity index (χ3n) is 4.02. The molecule has 0 amide bonds. The van der Waals surface area contributed by atoms with Gasteiger partial charge in [0.25, 0.3) is 0 Å². The van der Waals surface area contributed by atoms with Crippen molar-refractivity contribution < 1.29 is 26.7 Å². The fourth-order valence-corrected chi connectivity index (χ4v) is 4.37. The fraction of sp³-hybridized carbons (Fsp3) is 0.571. The van der Waals surface area contributed by atoms with Gasteiger partial charge in [0.1, 0.15) is 0 Å². The Labute approximate surface area is 127 Å². The van der Waals surface area contributed by atoms with E-state index in [-0.39, 0.29) is 37.1 Å². The molecule has 0 spiro atoms. The maximum Gasteiger partial charge on any atom is 0.416 e. The van der Waals surface area contributed by atoms with Gasteiger partial charge in [0, 0.05) is 19.7 Å². The van der Waals surface area contributed by atoms with Gasteiger partial charge in [0.05, 0.1) is 11.3 Å². The molecule has 124 valence electrons. The lowest BCUT2D eigenvalue weighted by Gasteiger charge is -2.18. The average molecular weight is 337 g/mol. The Morgan fingerprint density at radius 1 is 1.27 bits per heavy atom. The van der Waals surface area contributed by atoms with Gasteiger partial charge in [-0.25, -0.2) is 12.7 Å². The van der Waals surface area contributed by atoms with Crippen LogP contribution in [0.2, 0.25) is 0 Å². The van der Waals surface area contributed by atoms with Gasteiger partial charge < -0.3 is 5.11 Å². The third kappa shape index (κ3) is 3.61. The van der Waals surface area contributed by atoms with Gasteiger partial charge in [-0.3, -0.25) is 0 Å². The molecule has 1 fully saturated rings. The predicted octanol–water partition coefficient (Wildman–Crippen LogP) is 2.10. The first kappa shape index (κ1) is 17.2. The first-order valence-corrected chi connectivity index (χ1v) is 8.50. The summed E-state index contributed by atoms with van der Waals surface area (Å²) < 4.78 is 64.7. The van der Waals surface area contributed by atoms with Crippen LogP contribution in [0.4, 0.5) is 13.2 Å². The summed E-state index contributed by atoms with van der Waals surface area (Å²) in [6.45, 7) is 2.06. The SMILES string of the molecule is C[C@@H]1CN(S(=O)(=O)Cc2ccccc2C(F)(F)F)C[C@H]1CO. The van der Waals surface area contributed by atoms with E-state index < -0.39 is 27.5 Å². The number of hydrogen-bond donors (Lipinski definition) is 1. The van der Waals surface area contributed by atoms with Crippen LogP contribution in [-0.2, 0) is 22.0 Å². The second-order valence-electron chi connectivity index (χ2n) is 5.65. The summed E-state index contributed by atoms with van der Waals surface area (Å²) in [7, 11) is -3.85. The summed E-state index contributed by atoms with van der Waals surface area (Å²) in [6, 6.07) is 4.69. The number of aliphatic hydroxyl groups is 1. The summed E-state index contributed by atoms with van der Waals surface area (Å²) in [5, 5.41) is 9.19. The second-order valence-corrected chi connectivity index (χ2v) is 7.62. The second kappa shape index (κ2) is 6.17. The Bertz CT molecular complexity index is 630. The molecule has 1 aromatic rings. The zero-order chi connectivity index (χ0) is 16.5. The first-order chi connectivity index (χ1) is 10.1. The number of nitrogens with zero attached hydrogens (tertiary/aromatic N) is 1. The van der Waals surface area contributed by atoms with Crippen LogP contribution in [0.3, 0.4) is 0 Å². The summed E-state index contributed by atoms with van der Waals surface area (Å²) in [4.78, 5) is 0. The van der Waals surface area contributed by atoms with E-state index in [1.807, 2.05) is 6.92 Å². The van der Waals surface area contributed by atoms with Crippen molar-refractivity contribution in [1.82, 2.24) is 4.31 Å². The summed E-state index contributed by atoms with van der Waals surface area (Å²) in [5.41, 5.74) is -1.18.